The first-order valence-corrected chi connectivity index (χ1v) is 6.58. The molecule has 0 radical (unpaired) electrons. The van der Waals surface area contributed by atoms with E-state index in [1.807, 2.05) is 20.9 Å². The van der Waals surface area contributed by atoms with Crippen molar-refractivity contribution in [2.45, 2.75) is 39.5 Å². The molecule has 1 aromatic rings. The second kappa shape index (κ2) is 5.34. The minimum Gasteiger partial charge on any atom is -0.357 e. The predicted molar refractivity (Wildman–Crippen MR) is 71.4 cm³/mol. The molecule has 18 heavy (non-hydrogen) atoms. The standard InChI is InChI=1S/C14H20N4/c1-10-11(2)16-17-14(13(10)8-15)18(3)9-12-6-4-5-7-12/h12H,4-7,9H2,1-3H3. The van der Waals surface area contributed by atoms with Gasteiger partial charge < -0.3 is 4.90 Å². The Morgan fingerprint density at radius 2 is 1.94 bits per heavy atom. The van der Waals surface area contributed by atoms with Crippen LogP contribution in [0.15, 0.2) is 0 Å². The van der Waals surface area contributed by atoms with Crippen molar-refractivity contribution < 1.29 is 0 Å². The maximum atomic E-state index is 9.29. The molecule has 4 nitrogen and oxygen atoms in total. The van der Waals surface area contributed by atoms with Crippen molar-refractivity contribution in [3.8, 4) is 6.07 Å². The lowest BCUT2D eigenvalue weighted by molar-refractivity contribution is 0.543. The second-order valence-electron chi connectivity index (χ2n) is 5.25. The Balaban J connectivity index is 2.21. The van der Waals surface area contributed by atoms with Gasteiger partial charge in [-0.15, -0.1) is 5.10 Å². The van der Waals surface area contributed by atoms with Crippen molar-refractivity contribution >= 4 is 5.82 Å². The van der Waals surface area contributed by atoms with Gasteiger partial charge in [0.25, 0.3) is 0 Å². The van der Waals surface area contributed by atoms with Crippen LogP contribution >= 0.6 is 0 Å². The Bertz CT molecular complexity index is 469. The van der Waals surface area contributed by atoms with E-state index in [9.17, 15) is 5.26 Å². The molecule has 1 aliphatic rings. The van der Waals surface area contributed by atoms with E-state index in [-0.39, 0.29) is 0 Å². The zero-order chi connectivity index (χ0) is 13.1. The largest absolute Gasteiger partial charge is 0.357 e. The van der Waals surface area contributed by atoms with Crippen molar-refractivity contribution in [3.63, 3.8) is 0 Å². The first-order chi connectivity index (χ1) is 8.63. The van der Waals surface area contributed by atoms with Crippen LogP contribution in [0.5, 0.6) is 0 Å². The molecule has 0 bridgehead atoms. The van der Waals surface area contributed by atoms with Gasteiger partial charge in [-0.05, 0) is 38.2 Å². The topological polar surface area (TPSA) is 52.8 Å². The van der Waals surface area contributed by atoms with Crippen LogP contribution in [0.1, 0.15) is 42.5 Å². The molecule has 0 saturated heterocycles. The van der Waals surface area contributed by atoms with Crippen LogP contribution < -0.4 is 4.90 Å². The van der Waals surface area contributed by atoms with Crippen LogP contribution in [0.25, 0.3) is 0 Å². The van der Waals surface area contributed by atoms with Gasteiger partial charge in [0, 0.05) is 13.6 Å². The summed E-state index contributed by atoms with van der Waals surface area (Å²) in [5.41, 5.74) is 2.45. The summed E-state index contributed by atoms with van der Waals surface area (Å²) in [5.74, 6) is 1.47. The lowest BCUT2D eigenvalue weighted by Crippen LogP contribution is -2.26. The third-order valence-corrected chi connectivity index (χ3v) is 3.92. The van der Waals surface area contributed by atoms with E-state index in [1.54, 1.807) is 0 Å². The molecule has 0 spiro atoms. The minimum atomic E-state index is 0.669. The summed E-state index contributed by atoms with van der Waals surface area (Å²) in [6, 6.07) is 2.27. The highest BCUT2D eigenvalue weighted by Crippen LogP contribution is 2.27. The zero-order valence-corrected chi connectivity index (χ0v) is 11.4. The highest BCUT2D eigenvalue weighted by molar-refractivity contribution is 5.57. The van der Waals surface area contributed by atoms with Crippen LogP contribution in [0.2, 0.25) is 0 Å². The first kappa shape index (κ1) is 12.8. The van der Waals surface area contributed by atoms with Gasteiger partial charge in [0.2, 0.25) is 0 Å². The molecule has 1 aromatic heterocycles. The third-order valence-electron chi connectivity index (χ3n) is 3.92. The van der Waals surface area contributed by atoms with Crippen LogP contribution in [0.4, 0.5) is 5.82 Å². The summed E-state index contributed by atoms with van der Waals surface area (Å²) in [5, 5.41) is 17.6. The van der Waals surface area contributed by atoms with Crippen molar-refractivity contribution in [1.82, 2.24) is 10.2 Å². The van der Waals surface area contributed by atoms with E-state index in [4.69, 9.17) is 0 Å². The number of anilines is 1. The van der Waals surface area contributed by atoms with Crippen molar-refractivity contribution in [1.29, 1.82) is 5.26 Å². The number of hydrogen-bond acceptors (Lipinski definition) is 4. The zero-order valence-electron chi connectivity index (χ0n) is 11.4. The fraction of sp³-hybridized carbons (Fsp3) is 0.643. The van der Waals surface area contributed by atoms with E-state index in [0.717, 1.165) is 29.5 Å². The SMILES string of the molecule is Cc1nnc(N(C)CC2CCCC2)c(C#N)c1C. The van der Waals surface area contributed by atoms with Crippen LogP contribution in [-0.4, -0.2) is 23.8 Å². The average Bonchev–Trinajstić information content (AvgIpc) is 2.85. The second-order valence-corrected chi connectivity index (χ2v) is 5.25. The van der Waals surface area contributed by atoms with Gasteiger partial charge in [0.1, 0.15) is 11.6 Å². The Morgan fingerprint density at radius 1 is 1.28 bits per heavy atom. The fourth-order valence-electron chi connectivity index (χ4n) is 2.66. The molecule has 0 atom stereocenters. The highest BCUT2D eigenvalue weighted by Gasteiger charge is 2.20. The molecule has 0 aromatic carbocycles. The smallest absolute Gasteiger partial charge is 0.169 e. The van der Waals surface area contributed by atoms with Gasteiger partial charge in [-0.3, -0.25) is 0 Å². The van der Waals surface area contributed by atoms with Crippen LogP contribution in [0, 0.1) is 31.1 Å². The molecule has 0 N–H and O–H groups in total. The Kier molecular flexibility index (Phi) is 3.81. The van der Waals surface area contributed by atoms with Crippen LogP contribution in [0.3, 0.4) is 0 Å². The maximum Gasteiger partial charge on any atom is 0.169 e. The lowest BCUT2D eigenvalue weighted by Gasteiger charge is -2.23. The van der Waals surface area contributed by atoms with Crippen molar-refractivity contribution in [3.05, 3.63) is 16.8 Å². The van der Waals surface area contributed by atoms with E-state index < -0.39 is 0 Å². The molecule has 0 aliphatic heterocycles. The molecule has 0 unspecified atom stereocenters. The maximum absolute atomic E-state index is 9.29. The van der Waals surface area contributed by atoms with E-state index in [2.05, 4.69) is 21.2 Å². The number of nitriles is 1. The van der Waals surface area contributed by atoms with Gasteiger partial charge in [0.15, 0.2) is 5.82 Å². The molecule has 96 valence electrons. The molecule has 0 amide bonds. The summed E-state index contributed by atoms with van der Waals surface area (Å²) in [4.78, 5) is 2.09. The van der Waals surface area contributed by atoms with Crippen molar-refractivity contribution in [2.75, 3.05) is 18.5 Å². The Labute approximate surface area is 109 Å². The quantitative estimate of drug-likeness (QED) is 0.820. The van der Waals surface area contributed by atoms with E-state index >= 15 is 0 Å². The summed E-state index contributed by atoms with van der Waals surface area (Å²) in [6.07, 6.45) is 5.26. The molecule has 1 saturated carbocycles. The first-order valence-electron chi connectivity index (χ1n) is 6.58. The summed E-state index contributed by atoms with van der Waals surface area (Å²) >= 11 is 0. The average molecular weight is 244 g/mol. The van der Waals surface area contributed by atoms with E-state index in [1.165, 1.54) is 25.7 Å². The fourth-order valence-corrected chi connectivity index (χ4v) is 2.66. The van der Waals surface area contributed by atoms with Gasteiger partial charge in [-0.1, -0.05) is 12.8 Å². The normalized spacial score (nSPS) is 15.7. The van der Waals surface area contributed by atoms with Crippen LogP contribution in [-0.2, 0) is 0 Å². The van der Waals surface area contributed by atoms with Gasteiger partial charge in [-0.25, -0.2) is 0 Å². The molecule has 4 heteroatoms. The molecule has 1 fully saturated rings. The molecule has 2 rings (SSSR count). The van der Waals surface area contributed by atoms with Gasteiger partial charge >= 0.3 is 0 Å². The summed E-state index contributed by atoms with van der Waals surface area (Å²) in [6.45, 7) is 4.81. The summed E-state index contributed by atoms with van der Waals surface area (Å²) < 4.78 is 0. The molecule has 1 aliphatic carbocycles. The minimum absolute atomic E-state index is 0.669. The molecular formula is C14H20N4. The van der Waals surface area contributed by atoms with Gasteiger partial charge in [0.05, 0.1) is 5.69 Å². The number of nitrogens with zero attached hydrogens (tertiary/aromatic N) is 4. The molecule has 1 heterocycles. The summed E-state index contributed by atoms with van der Waals surface area (Å²) in [7, 11) is 2.01. The number of hydrogen-bond donors (Lipinski definition) is 0. The lowest BCUT2D eigenvalue weighted by atomic mass is 10.1. The third kappa shape index (κ3) is 2.45. The Hall–Kier alpha value is -1.63. The number of rotatable bonds is 3. The van der Waals surface area contributed by atoms with Crippen molar-refractivity contribution in [2.24, 2.45) is 5.92 Å². The Morgan fingerprint density at radius 3 is 2.56 bits per heavy atom. The van der Waals surface area contributed by atoms with Gasteiger partial charge in [-0.2, -0.15) is 10.4 Å². The predicted octanol–water partition coefficient (Wildman–Crippen LogP) is 2.59. The monoisotopic (exact) mass is 244 g/mol. The number of aryl methyl sites for hydroxylation is 1. The number of aromatic nitrogens is 2. The highest BCUT2D eigenvalue weighted by atomic mass is 15.2. The molecular weight excluding hydrogens is 224 g/mol. The van der Waals surface area contributed by atoms with E-state index in [0.29, 0.717) is 5.56 Å².